The molecule has 0 heterocycles. The number of carbonyl (C=O) groups excluding carboxylic acids is 3. The lowest BCUT2D eigenvalue weighted by Gasteiger charge is -2.23. The standard InChI is InChI=1S/C26H34N4O5S/c1-30(23(31)13-14-24(32)35-2)16-17-9-11-20(12-10-17)36(27,34)29-26(33)28-25-21-7-3-5-18(21)15-19-6-4-8-22(19)25/h9-12,15,36H,3-8,13-14,16H2,1-2H3,(H4,27,28,29,33,34). The van der Waals surface area contributed by atoms with Gasteiger partial charge in [-0.1, -0.05) is 18.2 Å². The zero-order valence-electron chi connectivity index (χ0n) is 20.8. The predicted octanol–water partition coefficient (Wildman–Crippen LogP) is 2.56. The summed E-state index contributed by atoms with van der Waals surface area (Å²) in [4.78, 5) is 38.1. The number of nitrogens with two attached hydrogens (primary N) is 1. The number of rotatable bonds is 8. The zero-order valence-corrected chi connectivity index (χ0v) is 21.7. The number of hydrogen-bond donors (Lipinski definition) is 4. The molecule has 2 aliphatic carbocycles. The van der Waals surface area contributed by atoms with Gasteiger partial charge in [0.05, 0.1) is 13.5 Å². The van der Waals surface area contributed by atoms with Gasteiger partial charge in [0.25, 0.3) is 0 Å². The molecule has 10 heteroatoms. The summed E-state index contributed by atoms with van der Waals surface area (Å²) in [6, 6.07) is 8.34. The molecule has 0 aromatic heterocycles. The Kier molecular flexibility index (Phi) is 7.75. The van der Waals surface area contributed by atoms with Gasteiger partial charge in [0.1, 0.15) is 0 Å². The van der Waals surface area contributed by atoms with E-state index in [0.717, 1.165) is 49.8 Å². The van der Waals surface area contributed by atoms with Crippen LogP contribution in [0.25, 0.3) is 0 Å². The monoisotopic (exact) mass is 514 g/mol. The number of amides is 3. The zero-order chi connectivity index (χ0) is 25.9. The lowest BCUT2D eigenvalue weighted by molar-refractivity contribution is -0.143. The predicted molar refractivity (Wildman–Crippen MR) is 139 cm³/mol. The molecule has 2 aromatic rings. The molecular formula is C26H34N4O5S. The van der Waals surface area contributed by atoms with Gasteiger partial charge in [-0.15, -0.1) is 0 Å². The number of urea groups is 1. The molecule has 9 nitrogen and oxygen atoms in total. The molecule has 0 spiro atoms. The largest absolute Gasteiger partial charge is 0.469 e. The number of benzene rings is 2. The number of methoxy groups -OCH3 is 1. The average Bonchev–Trinajstić information content (AvgIpc) is 3.51. The minimum atomic E-state index is -3.67. The van der Waals surface area contributed by atoms with Gasteiger partial charge in [0, 0.05) is 40.9 Å². The molecular weight excluding hydrogens is 480 g/mol. The second kappa shape index (κ2) is 10.8. The smallest absolute Gasteiger partial charge is 0.330 e. The quantitative estimate of drug-likeness (QED) is 0.318. The van der Waals surface area contributed by atoms with E-state index in [0.29, 0.717) is 11.4 Å². The Bertz CT molecular complexity index is 1200. The summed E-state index contributed by atoms with van der Waals surface area (Å²) < 4.78 is 20.3. The Morgan fingerprint density at radius 2 is 1.61 bits per heavy atom. The third kappa shape index (κ3) is 5.76. The second-order valence-corrected chi connectivity index (χ2v) is 11.5. The molecule has 2 aliphatic rings. The number of thiol groups is 1. The van der Waals surface area contributed by atoms with Gasteiger partial charge in [-0.2, -0.15) is 0 Å². The summed E-state index contributed by atoms with van der Waals surface area (Å²) in [6.45, 7) is 0.313. The molecule has 0 bridgehead atoms. The molecule has 2 aromatic carbocycles. The number of esters is 1. The SMILES string of the molecule is COC(=O)CCC(=O)N(C)Cc1ccc([SH](N)(=O)NC(=O)Nc2c3c(cc4c2CCC4)CCC3)cc1. The van der Waals surface area contributed by atoms with Crippen LogP contribution in [0.4, 0.5) is 10.5 Å². The van der Waals surface area contributed by atoms with Crippen molar-refractivity contribution in [1.82, 2.24) is 9.62 Å². The van der Waals surface area contributed by atoms with Crippen molar-refractivity contribution in [1.29, 1.82) is 0 Å². The van der Waals surface area contributed by atoms with Gasteiger partial charge < -0.3 is 15.0 Å². The van der Waals surface area contributed by atoms with Gasteiger partial charge >= 0.3 is 12.0 Å². The molecule has 0 saturated carbocycles. The van der Waals surface area contributed by atoms with Crippen LogP contribution in [0.2, 0.25) is 0 Å². The van der Waals surface area contributed by atoms with Crippen molar-refractivity contribution >= 4 is 33.9 Å². The van der Waals surface area contributed by atoms with Crippen molar-refractivity contribution in [2.45, 2.75) is 62.8 Å². The Hall–Kier alpha value is -3.24. The number of aryl methyl sites for hydroxylation is 2. The van der Waals surface area contributed by atoms with E-state index in [4.69, 9.17) is 5.14 Å². The fourth-order valence-electron chi connectivity index (χ4n) is 5.01. The van der Waals surface area contributed by atoms with Crippen molar-refractivity contribution in [2.75, 3.05) is 19.5 Å². The molecule has 4 N–H and O–H groups in total. The Labute approximate surface area is 212 Å². The highest BCUT2D eigenvalue weighted by Gasteiger charge is 2.26. The topological polar surface area (TPSA) is 131 Å². The van der Waals surface area contributed by atoms with E-state index in [1.165, 1.54) is 34.3 Å². The number of anilines is 1. The number of nitrogens with zero attached hydrogens (tertiary/aromatic N) is 1. The van der Waals surface area contributed by atoms with E-state index in [1.54, 1.807) is 31.3 Å². The van der Waals surface area contributed by atoms with E-state index in [2.05, 4.69) is 20.8 Å². The Morgan fingerprint density at radius 1 is 1.00 bits per heavy atom. The van der Waals surface area contributed by atoms with Crippen LogP contribution in [0.15, 0.2) is 35.2 Å². The van der Waals surface area contributed by atoms with E-state index in [9.17, 15) is 18.6 Å². The fraction of sp³-hybridized carbons (Fsp3) is 0.423. The number of fused-ring (bicyclic) bond motifs is 2. The first-order chi connectivity index (χ1) is 17.2. The van der Waals surface area contributed by atoms with Crippen molar-refractivity contribution < 1.29 is 23.3 Å². The first-order valence-corrected chi connectivity index (χ1v) is 14.0. The summed E-state index contributed by atoms with van der Waals surface area (Å²) >= 11 is 0. The third-order valence-corrected chi connectivity index (χ3v) is 8.52. The van der Waals surface area contributed by atoms with Crippen LogP contribution in [-0.4, -0.2) is 41.2 Å². The molecule has 0 saturated heterocycles. The van der Waals surface area contributed by atoms with Crippen LogP contribution in [0.1, 0.15) is 53.5 Å². The van der Waals surface area contributed by atoms with Crippen molar-refractivity contribution in [3.05, 3.63) is 58.1 Å². The third-order valence-electron chi connectivity index (χ3n) is 6.92. The molecule has 3 amide bonds. The van der Waals surface area contributed by atoms with Gasteiger partial charge in [-0.3, -0.25) is 19.5 Å². The highest BCUT2D eigenvalue weighted by atomic mass is 32.3. The maximum atomic E-state index is 13.2. The van der Waals surface area contributed by atoms with Crippen LogP contribution in [0.3, 0.4) is 0 Å². The minimum absolute atomic E-state index is 0.0251. The molecule has 0 aliphatic heterocycles. The molecule has 194 valence electrons. The molecule has 0 fully saturated rings. The van der Waals surface area contributed by atoms with Gasteiger partial charge in [-0.05, 0) is 78.5 Å². The van der Waals surface area contributed by atoms with E-state index in [-0.39, 0.29) is 18.7 Å². The number of carbonyl (C=O) groups is 3. The lowest BCUT2D eigenvalue weighted by atomic mass is 9.99. The summed E-state index contributed by atoms with van der Waals surface area (Å²) in [6.07, 6.45) is 6.13. The lowest BCUT2D eigenvalue weighted by Crippen LogP contribution is -2.45. The van der Waals surface area contributed by atoms with Crippen molar-refractivity contribution in [3.8, 4) is 0 Å². The summed E-state index contributed by atoms with van der Waals surface area (Å²) in [7, 11) is -0.743. The summed E-state index contributed by atoms with van der Waals surface area (Å²) in [5.74, 6) is -0.622. The number of hydrogen-bond acceptors (Lipinski definition) is 5. The maximum Gasteiger partial charge on any atom is 0.330 e. The molecule has 0 atom stereocenters. The first kappa shape index (κ1) is 25.8. The minimum Gasteiger partial charge on any atom is -0.469 e. The fourth-order valence-corrected chi connectivity index (χ4v) is 6.09. The maximum absolute atomic E-state index is 13.2. The van der Waals surface area contributed by atoms with Gasteiger partial charge in [0.2, 0.25) is 5.91 Å². The first-order valence-electron chi connectivity index (χ1n) is 12.2. The van der Waals surface area contributed by atoms with Gasteiger partial charge in [0.15, 0.2) is 0 Å². The second-order valence-electron chi connectivity index (χ2n) is 9.45. The van der Waals surface area contributed by atoms with E-state index in [1.807, 2.05) is 0 Å². The average molecular weight is 515 g/mol. The van der Waals surface area contributed by atoms with Crippen LogP contribution < -0.4 is 15.2 Å². The summed E-state index contributed by atoms with van der Waals surface area (Å²) in [5.41, 5.74) is 6.63. The number of nitrogens with one attached hydrogen (secondary N) is 2. The molecule has 36 heavy (non-hydrogen) atoms. The summed E-state index contributed by atoms with van der Waals surface area (Å²) in [5, 5.41) is 9.04. The van der Waals surface area contributed by atoms with Gasteiger partial charge in [-0.25, -0.2) is 9.00 Å². The van der Waals surface area contributed by atoms with Crippen LogP contribution in [0, 0.1) is 0 Å². The Balaban J connectivity index is 1.38. The van der Waals surface area contributed by atoms with Crippen LogP contribution in [-0.2, 0) is 56.9 Å². The van der Waals surface area contributed by atoms with E-state index >= 15 is 0 Å². The number of ether oxygens (including phenoxy) is 1. The van der Waals surface area contributed by atoms with E-state index < -0.39 is 22.3 Å². The van der Waals surface area contributed by atoms with Crippen LogP contribution in [0.5, 0.6) is 0 Å². The van der Waals surface area contributed by atoms with Crippen LogP contribution >= 0.6 is 0 Å². The molecule has 0 radical (unpaired) electrons. The normalized spacial score (nSPS) is 14.5. The highest BCUT2D eigenvalue weighted by molar-refractivity contribution is 7.99. The highest BCUT2D eigenvalue weighted by Crippen LogP contribution is 2.38. The molecule has 0 unspecified atom stereocenters. The van der Waals surface area contributed by atoms with Crippen molar-refractivity contribution in [3.63, 3.8) is 0 Å². The van der Waals surface area contributed by atoms with Crippen molar-refractivity contribution in [2.24, 2.45) is 5.14 Å². The Morgan fingerprint density at radius 3 is 2.19 bits per heavy atom. The molecule has 4 rings (SSSR count).